The first-order chi connectivity index (χ1) is 24.0. The molecule has 1 nitrogen and oxygen atoms in total. The van der Waals surface area contributed by atoms with E-state index in [1.165, 1.54) is 44.5 Å². The number of hydrogen-bond donors (Lipinski definition) is 0. The van der Waals surface area contributed by atoms with Gasteiger partial charge in [-0.15, -0.1) is 6.58 Å². The second-order valence-electron chi connectivity index (χ2n) is 12.3. The van der Waals surface area contributed by atoms with Crippen LogP contribution in [0.2, 0.25) is 0 Å². The zero-order chi connectivity index (χ0) is 34.4. The van der Waals surface area contributed by atoms with Gasteiger partial charge in [-0.1, -0.05) is 164 Å². The Balaban J connectivity index is 1.67. The van der Waals surface area contributed by atoms with E-state index in [0.717, 1.165) is 11.4 Å². The standard InChI is InChI=1S/C48H47N/c1-6-8-21-37(3)38(4)30-31-39(5)49(35-34-47(42-26-17-11-18-27-42)45(7-2)40-22-13-9-14-23-40)44-32-33-46(41-24-15-10-16-25-41)48(36-44)43-28-19-12-20-29-43/h6-36,45,47H,2H2,1,3-5H3/b8-6-,35-34+,37-21+,38-30+,39-31+. The van der Waals surface area contributed by atoms with Gasteiger partial charge in [-0.25, -0.2) is 0 Å². The SMILES string of the molecule is C=CC(c1ccccc1)C(/C=C/N(/C(C)=C/C=C(C)/C(C)=C/C=C\C)c1ccc(-c2ccccc2)c(-c2ccccc2)c1)c1ccccc1. The van der Waals surface area contributed by atoms with Crippen molar-refractivity contribution in [1.82, 2.24) is 0 Å². The van der Waals surface area contributed by atoms with Crippen LogP contribution in [0.25, 0.3) is 22.3 Å². The number of hydrogen-bond acceptors (Lipinski definition) is 1. The lowest BCUT2D eigenvalue weighted by atomic mass is 9.81. The van der Waals surface area contributed by atoms with Gasteiger partial charge in [0.1, 0.15) is 0 Å². The summed E-state index contributed by atoms with van der Waals surface area (Å²) in [5.74, 6) is 0.185. The molecular formula is C48H47N. The molecule has 0 saturated heterocycles. The van der Waals surface area contributed by atoms with Crippen LogP contribution >= 0.6 is 0 Å². The van der Waals surface area contributed by atoms with Crippen molar-refractivity contribution in [3.8, 4) is 22.3 Å². The second kappa shape index (κ2) is 17.5. The highest BCUT2D eigenvalue weighted by atomic mass is 15.1. The molecule has 1 heteroatoms. The molecule has 5 aromatic rings. The summed E-state index contributed by atoms with van der Waals surface area (Å²) in [4.78, 5) is 2.32. The number of rotatable bonds is 13. The van der Waals surface area contributed by atoms with Crippen LogP contribution in [-0.2, 0) is 0 Å². The molecule has 0 bridgehead atoms. The van der Waals surface area contributed by atoms with Crippen molar-refractivity contribution in [3.63, 3.8) is 0 Å². The number of allylic oxidation sites excluding steroid dienone is 10. The molecule has 0 aromatic heterocycles. The van der Waals surface area contributed by atoms with Gasteiger partial charge in [-0.05, 0) is 90.4 Å². The van der Waals surface area contributed by atoms with Gasteiger partial charge in [0.15, 0.2) is 0 Å². The molecule has 0 heterocycles. The maximum Gasteiger partial charge on any atom is 0.0458 e. The Morgan fingerprint density at radius 3 is 1.63 bits per heavy atom. The molecule has 49 heavy (non-hydrogen) atoms. The lowest BCUT2D eigenvalue weighted by Crippen LogP contribution is -2.15. The summed E-state index contributed by atoms with van der Waals surface area (Å²) in [6.07, 6.45) is 17.4. The highest BCUT2D eigenvalue weighted by molar-refractivity contribution is 5.86. The van der Waals surface area contributed by atoms with E-state index in [0.29, 0.717) is 0 Å². The zero-order valence-electron chi connectivity index (χ0n) is 29.2. The van der Waals surface area contributed by atoms with Gasteiger partial charge in [-0.3, -0.25) is 0 Å². The first-order valence-corrected chi connectivity index (χ1v) is 17.1. The highest BCUT2D eigenvalue weighted by Crippen LogP contribution is 2.38. The average Bonchev–Trinajstić information content (AvgIpc) is 3.17. The second-order valence-corrected chi connectivity index (χ2v) is 12.3. The highest BCUT2D eigenvalue weighted by Gasteiger charge is 2.21. The lowest BCUT2D eigenvalue weighted by Gasteiger charge is -2.27. The van der Waals surface area contributed by atoms with Gasteiger partial charge in [0.25, 0.3) is 0 Å². The molecule has 5 rings (SSSR count). The van der Waals surface area contributed by atoms with Crippen molar-refractivity contribution in [1.29, 1.82) is 0 Å². The van der Waals surface area contributed by atoms with Crippen LogP contribution in [0.5, 0.6) is 0 Å². The van der Waals surface area contributed by atoms with Gasteiger partial charge in [-0.2, -0.15) is 0 Å². The number of anilines is 1. The molecule has 0 N–H and O–H groups in total. The summed E-state index contributed by atoms with van der Waals surface area (Å²) >= 11 is 0. The predicted octanol–water partition coefficient (Wildman–Crippen LogP) is 13.5. The van der Waals surface area contributed by atoms with Crippen LogP contribution in [-0.4, -0.2) is 0 Å². The Labute approximate surface area is 294 Å². The fraction of sp³-hybridized carbons (Fsp3) is 0.125. The molecule has 2 unspecified atom stereocenters. The molecule has 0 radical (unpaired) electrons. The van der Waals surface area contributed by atoms with Crippen LogP contribution in [0.1, 0.15) is 50.7 Å². The minimum atomic E-state index is 0.0804. The molecule has 0 spiro atoms. The third-order valence-electron chi connectivity index (χ3n) is 9.02. The minimum Gasteiger partial charge on any atom is -0.321 e. The average molecular weight is 638 g/mol. The fourth-order valence-electron chi connectivity index (χ4n) is 6.10. The van der Waals surface area contributed by atoms with Crippen molar-refractivity contribution in [2.24, 2.45) is 0 Å². The molecule has 0 saturated carbocycles. The van der Waals surface area contributed by atoms with Crippen LogP contribution < -0.4 is 4.90 Å². The van der Waals surface area contributed by atoms with Gasteiger partial charge in [0, 0.05) is 29.4 Å². The molecule has 0 aliphatic rings. The topological polar surface area (TPSA) is 3.24 Å². The molecule has 0 amide bonds. The lowest BCUT2D eigenvalue weighted by molar-refractivity contribution is 0.737. The summed E-state index contributed by atoms with van der Waals surface area (Å²) in [5.41, 5.74) is 12.0. The molecule has 0 aliphatic carbocycles. The van der Waals surface area contributed by atoms with Crippen LogP contribution in [0.3, 0.4) is 0 Å². The Kier molecular flexibility index (Phi) is 12.4. The van der Waals surface area contributed by atoms with E-state index in [1.54, 1.807) is 0 Å². The summed E-state index contributed by atoms with van der Waals surface area (Å²) in [7, 11) is 0. The Morgan fingerprint density at radius 2 is 1.08 bits per heavy atom. The van der Waals surface area contributed by atoms with Crippen LogP contribution in [0, 0.1) is 0 Å². The van der Waals surface area contributed by atoms with Gasteiger partial charge >= 0.3 is 0 Å². The predicted molar refractivity (Wildman–Crippen MR) is 214 cm³/mol. The van der Waals surface area contributed by atoms with E-state index < -0.39 is 0 Å². The van der Waals surface area contributed by atoms with Crippen LogP contribution in [0.4, 0.5) is 5.69 Å². The van der Waals surface area contributed by atoms with E-state index >= 15 is 0 Å². The van der Waals surface area contributed by atoms with Crippen molar-refractivity contribution in [2.75, 3.05) is 4.90 Å². The van der Waals surface area contributed by atoms with Crippen molar-refractivity contribution in [2.45, 2.75) is 39.5 Å². The van der Waals surface area contributed by atoms with Gasteiger partial charge in [0.05, 0.1) is 0 Å². The van der Waals surface area contributed by atoms with Crippen molar-refractivity contribution < 1.29 is 0 Å². The summed E-state index contributed by atoms with van der Waals surface area (Å²) < 4.78 is 0. The third-order valence-corrected chi connectivity index (χ3v) is 9.02. The summed E-state index contributed by atoms with van der Waals surface area (Å²) in [6, 6.07) is 49.6. The largest absolute Gasteiger partial charge is 0.321 e. The molecule has 0 aliphatic heterocycles. The molecule has 0 fully saturated rings. The van der Waals surface area contributed by atoms with E-state index in [4.69, 9.17) is 0 Å². The Morgan fingerprint density at radius 1 is 0.571 bits per heavy atom. The molecule has 244 valence electrons. The first-order valence-electron chi connectivity index (χ1n) is 17.1. The van der Waals surface area contributed by atoms with Gasteiger partial charge < -0.3 is 4.90 Å². The van der Waals surface area contributed by atoms with E-state index in [9.17, 15) is 0 Å². The smallest absolute Gasteiger partial charge is 0.0458 e. The Bertz CT molecular complexity index is 1940. The Hall–Kier alpha value is -5.66. The zero-order valence-corrected chi connectivity index (χ0v) is 29.2. The monoisotopic (exact) mass is 637 g/mol. The third kappa shape index (κ3) is 9.03. The van der Waals surface area contributed by atoms with Crippen LogP contribution in [0.15, 0.2) is 212 Å². The fourth-order valence-corrected chi connectivity index (χ4v) is 6.10. The molecule has 5 aromatic carbocycles. The van der Waals surface area contributed by atoms with Crippen molar-refractivity contribution >= 4 is 5.69 Å². The first kappa shape index (κ1) is 34.7. The summed E-state index contributed by atoms with van der Waals surface area (Å²) in [5, 5.41) is 0. The quantitative estimate of drug-likeness (QED) is 0.0917. The number of benzene rings is 5. The van der Waals surface area contributed by atoms with E-state index in [-0.39, 0.29) is 11.8 Å². The van der Waals surface area contributed by atoms with Crippen molar-refractivity contribution in [3.05, 3.63) is 223 Å². The molecular weight excluding hydrogens is 591 g/mol. The van der Waals surface area contributed by atoms with E-state index in [2.05, 4.69) is 221 Å². The number of nitrogens with zero attached hydrogens (tertiary/aromatic N) is 1. The van der Waals surface area contributed by atoms with Gasteiger partial charge in [0.2, 0.25) is 0 Å². The maximum absolute atomic E-state index is 4.30. The minimum absolute atomic E-state index is 0.0804. The van der Waals surface area contributed by atoms with E-state index in [1.807, 2.05) is 6.92 Å². The normalized spacial score (nSPS) is 13.8. The maximum atomic E-state index is 4.30. The summed E-state index contributed by atoms with van der Waals surface area (Å²) in [6.45, 7) is 12.9. The molecule has 2 atom stereocenters.